The lowest BCUT2D eigenvalue weighted by atomic mass is 9.97. The van der Waals surface area contributed by atoms with Crippen LogP contribution in [-0.4, -0.2) is 35.7 Å². The predicted octanol–water partition coefficient (Wildman–Crippen LogP) is 3.30. The van der Waals surface area contributed by atoms with Crippen molar-refractivity contribution in [2.24, 2.45) is 0 Å². The predicted molar refractivity (Wildman–Crippen MR) is 103 cm³/mol. The van der Waals surface area contributed by atoms with Gasteiger partial charge in [-0.2, -0.15) is 0 Å². The Kier molecular flexibility index (Phi) is 5.48. The first-order valence-corrected chi connectivity index (χ1v) is 10.3. The number of rotatable bonds is 5. The van der Waals surface area contributed by atoms with E-state index in [1.54, 1.807) is 20.2 Å². The Morgan fingerprint density at radius 1 is 1.20 bits per heavy atom. The first-order chi connectivity index (χ1) is 12.0. The van der Waals surface area contributed by atoms with Gasteiger partial charge in [-0.25, -0.2) is 8.42 Å². The standard InChI is InChI=1S/C18H21BrN2O3S/c1-21-16-7-4-3-6-14(16)18(20-10-5-11-24-2)15-9-8-13(19)12-17(15)25(21,22)23/h3-4,6-9,12,18,20H,5,10-11H2,1-2H3. The highest BCUT2D eigenvalue weighted by Crippen LogP contribution is 2.40. The van der Waals surface area contributed by atoms with Crippen LogP contribution in [0.4, 0.5) is 5.69 Å². The number of nitrogens with one attached hydrogen (secondary N) is 1. The van der Waals surface area contributed by atoms with Gasteiger partial charge in [-0.05, 0) is 42.3 Å². The molecule has 1 heterocycles. The summed E-state index contributed by atoms with van der Waals surface area (Å²) >= 11 is 3.40. The molecular formula is C18H21BrN2O3S. The van der Waals surface area contributed by atoms with Crippen molar-refractivity contribution in [1.82, 2.24) is 5.32 Å². The molecule has 0 amide bonds. The second-order valence-electron chi connectivity index (χ2n) is 5.95. The van der Waals surface area contributed by atoms with Crippen molar-refractivity contribution >= 4 is 31.6 Å². The lowest BCUT2D eigenvalue weighted by molar-refractivity contribution is 0.193. The topological polar surface area (TPSA) is 58.6 Å². The maximum Gasteiger partial charge on any atom is 0.264 e. The molecule has 2 aromatic rings. The summed E-state index contributed by atoms with van der Waals surface area (Å²) in [6.07, 6.45) is 0.851. The van der Waals surface area contributed by atoms with E-state index in [9.17, 15) is 8.42 Å². The normalized spacial score (nSPS) is 18.4. The van der Waals surface area contributed by atoms with E-state index in [0.29, 0.717) is 17.2 Å². The second-order valence-corrected chi connectivity index (χ2v) is 8.80. The van der Waals surface area contributed by atoms with E-state index in [2.05, 4.69) is 21.2 Å². The van der Waals surface area contributed by atoms with E-state index in [-0.39, 0.29) is 6.04 Å². The Hall–Kier alpha value is -1.41. The molecule has 0 saturated carbocycles. The average Bonchev–Trinajstić information content (AvgIpc) is 2.67. The fourth-order valence-corrected chi connectivity index (χ4v) is 5.11. The van der Waals surface area contributed by atoms with Crippen molar-refractivity contribution in [3.05, 3.63) is 58.1 Å². The Bertz CT molecular complexity index is 870. The quantitative estimate of drug-likeness (QED) is 0.747. The summed E-state index contributed by atoms with van der Waals surface area (Å²) in [5, 5.41) is 3.50. The SMILES string of the molecule is COCCCNC1c2ccccc2N(C)S(=O)(=O)c2cc(Br)ccc21. The van der Waals surface area contributed by atoms with Gasteiger partial charge in [-0.15, -0.1) is 0 Å². The molecular weight excluding hydrogens is 404 g/mol. The summed E-state index contributed by atoms with van der Waals surface area (Å²) < 4.78 is 33.5. The van der Waals surface area contributed by atoms with Gasteiger partial charge in [0.15, 0.2) is 0 Å². The number of methoxy groups -OCH3 is 1. The fraction of sp³-hybridized carbons (Fsp3) is 0.333. The molecule has 1 aliphatic heterocycles. The summed E-state index contributed by atoms with van der Waals surface area (Å²) in [6.45, 7) is 1.39. The van der Waals surface area contributed by atoms with Crippen molar-refractivity contribution in [3.8, 4) is 0 Å². The van der Waals surface area contributed by atoms with E-state index in [4.69, 9.17) is 4.74 Å². The first-order valence-electron chi connectivity index (χ1n) is 8.06. The molecule has 7 heteroatoms. The summed E-state index contributed by atoms with van der Waals surface area (Å²) in [5.74, 6) is 0. The van der Waals surface area contributed by atoms with Crippen LogP contribution in [0.3, 0.4) is 0 Å². The van der Waals surface area contributed by atoms with Crippen LogP contribution in [0.2, 0.25) is 0 Å². The van der Waals surface area contributed by atoms with Crippen LogP contribution in [-0.2, 0) is 14.8 Å². The van der Waals surface area contributed by atoms with Gasteiger partial charge >= 0.3 is 0 Å². The highest BCUT2D eigenvalue weighted by atomic mass is 79.9. The number of ether oxygens (including phenoxy) is 1. The Morgan fingerprint density at radius 2 is 1.96 bits per heavy atom. The summed E-state index contributed by atoms with van der Waals surface area (Å²) in [7, 11) is -0.343. The zero-order valence-electron chi connectivity index (χ0n) is 14.2. The number of benzene rings is 2. The highest BCUT2D eigenvalue weighted by Gasteiger charge is 2.34. The number of hydrogen-bond acceptors (Lipinski definition) is 4. The van der Waals surface area contributed by atoms with E-state index in [1.807, 2.05) is 36.4 Å². The summed E-state index contributed by atoms with van der Waals surface area (Å²) in [5.41, 5.74) is 2.41. The molecule has 2 aromatic carbocycles. The van der Waals surface area contributed by atoms with E-state index in [0.717, 1.165) is 28.6 Å². The minimum atomic E-state index is -3.62. The smallest absolute Gasteiger partial charge is 0.264 e. The molecule has 0 radical (unpaired) electrons. The number of hydrogen-bond donors (Lipinski definition) is 1. The second kappa shape index (κ2) is 7.45. The molecule has 0 aliphatic carbocycles. The van der Waals surface area contributed by atoms with Crippen LogP contribution in [0, 0.1) is 0 Å². The fourth-order valence-electron chi connectivity index (χ4n) is 3.12. The molecule has 0 saturated heterocycles. The Morgan fingerprint density at radius 3 is 2.72 bits per heavy atom. The number of anilines is 1. The lowest BCUT2D eigenvalue weighted by Gasteiger charge is -2.22. The summed E-state index contributed by atoms with van der Waals surface area (Å²) in [4.78, 5) is 0.324. The van der Waals surface area contributed by atoms with Crippen LogP contribution in [0.15, 0.2) is 51.8 Å². The molecule has 0 bridgehead atoms. The van der Waals surface area contributed by atoms with Gasteiger partial charge in [0.25, 0.3) is 10.0 Å². The van der Waals surface area contributed by atoms with Crippen molar-refractivity contribution in [2.45, 2.75) is 17.4 Å². The molecule has 134 valence electrons. The molecule has 0 aromatic heterocycles. The van der Waals surface area contributed by atoms with Gasteiger partial charge in [0.1, 0.15) is 0 Å². The summed E-state index contributed by atoms with van der Waals surface area (Å²) in [6, 6.07) is 12.9. The third-order valence-corrected chi connectivity index (χ3v) is 6.71. The number of halogens is 1. The minimum Gasteiger partial charge on any atom is -0.385 e. The first kappa shape index (κ1) is 18.4. The van der Waals surface area contributed by atoms with Crippen LogP contribution >= 0.6 is 15.9 Å². The van der Waals surface area contributed by atoms with E-state index in [1.165, 1.54) is 4.31 Å². The molecule has 1 aliphatic rings. The third-order valence-electron chi connectivity index (χ3n) is 4.39. The van der Waals surface area contributed by atoms with E-state index < -0.39 is 10.0 Å². The molecule has 1 atom stereocenters. The number of nitrogens with zero attached hydrogens (tertiary/aromatic N) is 1. The van der Waals surface area contributed by atoms with Crippen molar-refractivity contribution in [2.75, 3.05) is 31.6 Å². The average molecular weight is 425 g/mol. The van der Waals surface area contributed by atoms with Crippen LogP contribution in [0.5, 0.6) is 0 Å². The molecule has 1 unspecified atom stereocenters. The Labute approximate surface area is 157 Å². The van der Waals surface area contributed by atoms with E-state index >= 15 is 0 Å². The molecule has 5 nitrogen and oxygen atoms in total. The Balaban J connectivity index is 2.15. The number of fused-ring (bicyclic) bond motifs is 2. The molecule has 3 rings (SSSR count). The monoisotopic (exact) mass is 424 g/mol. The number of para-hydroxylation sites is 1. The third kappa shape index (κ3) is 3.46. The molecule has 1 N–H and O–H groups in total. The highest BCUT2D eigenvalue weighted by molar-refractivity contribution is 9.10. The van der Waals surface area contributed by atoms with Crippen LogP contribution in [0.25, 0.3) is 0 Å². The van der Waals surface area contributed by atoms with Gasteiger partial charge in [-0.3, -0.25) is 4.31 Å². The van der Waals surface area contributed by atoms with Crippen molar-refractivity contribution in [1.29, 1.82) is 0 Å². The maximum absolute atomic E-state index is 13.1. The zero-order chi connectivity index (χ0) is 18.0. The van der Waals surface area contributed by atoms with Gasteiger partial charge in [-0.1, -0.05) is 40.2 Å². The van der Waals surface area contributed by atoms with Gasteiger partial charge in [0.2, 0.25) is 0 Å². The number of sulfonamides is 1. The zero-order valence-corrected chi connectivity index (χ0v) is 16.6. The van der Waals surface area contributed by atoms with Crippen molar-refractivity contribution in [3.63, 3.8) is 0 Å². The van der Waals surface area contributed by atoms with Gasteiger partial charge in [0.05, 0.1) is 16.6 Å². The lowest BCUT2D eigenvalue weighted by Crippen LogP contribution is -2.26. The van der Waals surface area contributed by atoms with Crippen LogP contribution in [0.1, 0.15) is 23.6 Å². The van der Waals surface area contributed by atoms with Gasteiger partial charge < -0.3 is 10.1 Å². The molecule has 0 spiro atoms. The minimum absolute atomic E-state index is 0.198. The van der Waals surface area contributed by atoms with Crippen LogP contribution < -0.4 is 9.62 Å². The largest absolute Gasteiger partial charge is 0.385 e. The molecule has 0 fully saturated rings. The molecule has 25 heavy (non-hydrogen) atoms. The van der Waals surface area contributed by atoms with Gasteiger partial charge in [0, 0.05) is 25.2 Å². The van der Waals surface area contributed by atoms with Crippen molar-refractivity contribution < 1.29 is 13.2 Å². The maximum atomic E-state index is 13.1.